The minimum atomic E-state index is -0.259. The Morgan fingerprint density at radius 2 is 2.09 bits per heavy atom. The quantitative estimate of drug-likeness (QED) is 0.555. The van der Waals surface area contributed by atoms with Crippen molar-refractivity contribution in [1.29, 1.82) is 0 Å². The number of methoxy groups -OCH3 is 1. The van der Waals surface area contributed by atoms with E-state index in [1.165, 1.54) is 0 Å². The van der Waals surface area contributed by atoms with E-state index >= 15 is 0 Å². The molecule has 0 saturated carbocycles. The molecule has 0 aromatic heterocycles. The number of rotatable bonds is 7. The number of anilines is 1. The van der Waals surface area contributed by atoms with Gasteiger partial charge < -0.3 is 19.5 Å². The number of benzene rings is 2. The molecule has 4 rings (SSSR count). The zero-order chi connectivity index (χ0) is 22.0. The number of ether oxygens (including phenoxy) is 2. The molecule has 174 valence electrons. The number of carbonyl (C=O) groups is 1. The van der Waals surface area contributed by atoms with Crippen molar-refractivity contribution in [1.82, 2.24) is 4.90 Å². The van der Waals surface area contributed by atoms with E-state index in [1.807, 2.05) is 30.3 Å². The third-order valence-corrected chi connectivity index (χ3v) is 7.10. The Kier molecular flexibility index (Phi) is 8.58. The van der Waals surface area contributed by atoms with Crippen LogP contribution in [0.5, 0.6) is 11.5 Å². The lowest BCUT2D eigenvalue weighted by atomic mass is 10.1. The Morgan fingerprint density at radius 3 is 2.78 bits per heavy atom. The van der Waals surface area contributed by atoms with Gasteiger partial charge in [0.05, 0.1) is 25.5 Å². The Hall–Kier alpha value is -1.64. The number of aliphatic hydroxyl groups excluding tert-OH is 1. The molecule has 1 fully saturated rings. The fourth-order valence-electron chi connectivity index (χ4n) is 4.08. The average molecular weight is 499 g/mol. The first-order valence-electron chi connectivity index (χ1n) is 10.4. The molecule has 1 N–H and O–H groups in total. The monoisotopic (exact) mass is 498 g/mol. The van der Waals surface area contributed by atoms with Crippen LogP contribution in [0.1, 0.15) is 30.7 Å². The number of carbonyl (C=O) groups excluding carboxylic acids is 1. The average Bonchev–Trinajstić information content (AvgIpc) is 3.34. The van der Waals surface area contributed by atoms with E-state index in [0.29, 0.717) is 17.4 Å². The smallest absolute Gasteiger partial charge is 0.225 e. The zero-order valence-electron chi connectivity index (χ0n) is 18.1. The van der Waals surface area contributed by atoms with E-state index in [-0.39, 0.29) is 29.8 Å². The molecule has 2 aromatic carbocycles. The molecule has 0 radical (unpaired) electrons. The lowest BCUT2D eigenvalue weighted by Gasteiger charge is -2.26. The van der Waals surface area contributed by atoms with Gasteiger partial charge in [-0.25, -0.2) is 0 Å². The molecule has 2 aromatic rings. The van der Waals surface area contributed by atoms with Crippen LogP contribution in [0.3, 0.4) is 0 Å². The van der Waals surface area contributed by atoms with E-state index in [4.69, 9.17) is 21.1 Å². The molecule has 1 amide bonds. The van der Waals surface area contributed by atoms with Gasteiger partial charge in [0.2, 0.25) is 5.91 Å². The van der Waals surface area contributed by atoms with Crippen molar-refractivity contribution in [2.75, 3.05) is 38.3 Å². The summed E-state index contributed by atoms with van der Waals surface area (Å²) < 4.78 is 11.6. The van der Waals surface area contributed by atoms with Crippen molar-refractivity contribution in [2.24, 2.45) is 0 Å². The minimum Gasteiger partial charge on any atom is -0.497 e. The van der Waals surface area contributed by atoms with Gasteiger partial charge in [-0.15, -0.1) is 12.4 Å². The van der Waals surface area contributed by atoms with Gasteiger partial charge in [0.15, 0.2) is 0 Å². The molecule has 0 aliphatic carbocycles. The maximum absolute atomic E-state index is 12.6. The van der Waals surface area contributed by atoms with Gasteiger partial charge in [0.25, 0.3) is 0 Å². The molecule has 32 heavy (non-hydrogen) atoms. The molecule has 6 nitrogen and oxygen atoms in total. The van der Waals surface area contributed by atoms with Gasteiger partial charge in [0.1, 0.15) is 16.9 Å². The summed E-state index contributed by atoms with van der Waals surface area (Å²) in [7, 11) is 1.63. The molecular formula is C23H28Cl2N2O4S. The highest BCUT2D eigenvalue weighted by Gasteiger charge is 2.36. The molecule has 0 spiro atoms. The molecule has 2 atom stereocenters. The van der Waals surface area contributed by atoms with E-state index in [1.54, 1.807) is 36.8 Å². The number of amides is 1. The van der Waals surface area contributed by atoms with Crippen LogP contribution >= 0.6 is 35.8 Å². The minimum absolute atomic E-state index is 0. The number of hydrogen-bond donors (Lipinski definition) is 1. The number of β-amino-alcohol motifs (C(OH)–C–C–N with tert-alkyl or cyclic N) is 1. The highest BCUT2D eigenvalue weighted by atomic mass is 35.5. The predicted molar refractivity (Wildman–Crippen MR) is 131 cm³/mol. The van der Waals surface area contributed by atoms with Crippen LogP contribution in [0.15, 0.2) is 41.3 Å². The summed E-state index contributed by atoms with van der Waals surface area (Å²) in [6, 6.07) is 11.3. The van der Waals surface area contributed by atoms with Crippen molar-refractivity contribution in [3.63, 3.8) is 0 Å². The summed E-state index contributed by atoms with van der Waals surface area (Å²) in [6.07, 6.45) is 1.50. The van der Waals surface area contributed by atoms with E-state index in [0.717, 1.165) is 54.4 Å². The highest BCUT2D eigenvalue weighted by Crippen LogP contribution is 2.54. The zero-order valence-corrected chi connectivity index (χ0v) is 20.5. The molecule has 1 saturated heterocycles. The van der Waals surface area contributed by atoms with Gasteiger partial charge in [-0.1, -0.05) is 23.4 Å². The number of likely N-dealkylation sites (tertiary alicyclic amines) is 1. The first-order chi connectivity index (χ1) is 15.0. The van der Waals surface area contributed by atoms with Crippen LogP contribution in [0.2, 0.25) is 5.02 Å². The van der Waals surface area contributed by atoms with Crippen molar-refractivity contribution in [3.05, 3.63) is 47.0 Å². The topological polar surface area (TPSA) is 62.2 Å². The molecular weight excluding hydrogens is 471 g/mol. The van der Waals surface area contributed by atoms with Crippen LogP contribution in [-0.4, -0.2) is 55.4 Å². The molecule has 2 aliphatic heterocycles. The normalized spacial score (nSPS) is 20.1. The standard InChI is InChI=1S/C23H27ClN2O4S.ClH/c1-15(27)26-20-6-4-16(24)12-22(20)31-23(26)19-13-18(29-2)5-7-21(19)30-11-3-9-25-10-8-17(28)14-25;/h4-7,12-13,17,23,28H,3,8-11,14H2,1-2H3;1H/t17-,23?;/m0./s1. The van der Waals surface area contributed by atoms with Gasteiger partial charge in [-0.05, 0) is 49.2 Å². The number of thioether (sulfide) groups is 1. The van der Waals surface area contributed by atoms with Crippen LogP contribution in [0.4, 0.5) is 5.69 Å². The summed E-state index contributed by atoms with van der Waals surface area (Å²) in [5.41, 5.74) is 1.75. The number of fused-ring (bicyclic) bond motifs is 1. The molecule has 0 bridgehead atoms. The lowest BCUT2D eigenvalue weighted by molar-refractivity contribution is -0.116. The second kappa shape index (κ2) is 11.0. The summed E-state index contributed by atoms with van der Waals surface area (Å²) >= 11 is 7.77. The Labute approximate surface area is 204 Å². The maximum atomic E-state index is 12.6. The summed E-state index contributed by atoms with van der Waals surface area (Å²) in [4.78, 5) is 17.6. The summed E-state index contributed by atoms with van der Waals surface area (Å²) in [6.45, 7) is 4.69. The summed E-state index contributed by atoms with van der Waals surface area (Å²) in [5.74, 6) is 1.41. The van der Waals surface area contributed by atoms with Gasteiger partial charge in [0, 0.05) is 42.0 Å². The predicted octanol–water partition coefficient (Wildman–Crippen LogP) is 4.76. The second-order valence-electron chi connectivity index (χ2n) is 7.82. The van der Waals surface area contributed by atoms with Crippen molar-refractivity contribution >= 4 is 47.4 Å². The van der Waals surface area contributed by atoms with Gasteiger partial charge in [-0.2, -0.15) is 0 Å². The molecule has 2 heterocycles. The number of aliphatic hydroxyl groups is 1. The number of halogens is 2. The summed E-state index contributed by atoms with van der Waals surface area (Å²) in [5, 5.41) is 10.1. The maximum Gasteiger partial charge on any atom is 0.225 e. The molecule has 9 heteroatoms. The van der Waals surface area contributed by atoms with Crippen LogP contribution in [-0.2, 0) is 4.79 Å². The third-order valence-electron chi connectivity index (χ3n) is 5.60. The van der Waals surface area contributed by atoms with Gasteiger partial charge >= 0.3 is 0 Å². The first-order valence-corrected chi connectivity index (χ1v) is 11.7. The largest absolute Gasteiger partial charge is 0.497 e. The van der Waals surface area contributed by atoms with E-state index in [2.05, 4.69) is 4.90 Å². The third kappa shape index (κ3) is 5.46. The SMILES string of the molecule is COc1ccc(OCCCN2CC[C@H](O)C2)c(C2Sc3cc(Cl)ccc3N2C(C)=O)c1.Cl. The Morgan fingerprint density at radius 1 is 1.28 bits per heavy atom. The lowest BCUT2D eigenvalue weighted by Crippen LogP contribution is -2.28. The fourth-order valence-corrected chi connectivity index (χ4v) is 5.72. The number of nitrogens with zero attached hydrogens (tertiary/aromatic N) is 2. The Bertz CT molecular complexity index is 962. The van der Waals surface area contributed by atoms with E-state index < -0.39 is 0 Å². The van der Waals surface area contributed by atoms with Crippen LogP contribution < -0.4 is 14.4 Å². The van der Waals surface area contributed by atoms with Crippen molar-refractivity contribution in [3.8, 4) is 11.5 Å². The van der Waals surface area contributed by atoms with Crippen LogP contribution in [0, 0.1) is 0 Å². The number of hydrogen-bond acceptors (Lipinski definition) is 6. The van der Waals surface area contributed by atoms with Crippen molar-refractivity contribution < 1.29 is 19.4 Å². The molecule has 2 aliphatic rings. The fraction of sp³-hybridized carbons (Fsp3) is 0.435. The van der Waals surface area contributed by atoms with Gasteiger partial charge in [-0.3, -0.25) is 9.69 Å². The molecule has 1 unspecified atom stereocenters. The first kappa shape index (κ1) is 25.0. The van der Waals surface area contributed by atoms with Crippen LogP contribution in [0.25, 0.3) is 0 Å². The van der Waals surface area contributed by atoms with Crippen molar-refractivity contribution in [2.45, 2.75) is 36.1 Å². The second-order valence-corrected chi connectivity index (χ2v) is 9.38. The Balaban J connectivity index is 0.00000289. The van der Waals surface area contributed by atoms with E-state index in [9.17, 15) is 9.90 Å². The highest BCUT2D eigenvalue weighted by molar-refractivity contribution is 8.00.